The van der Waals surface area contributed by atoms with Crippen LogP contribution in [-0.2, 0) is 10.2 Å². The molecule has 3 aromatic rings. The van der Waals surface area contributed by atoms with Crippen LogP contribution in [0.4, 0.5) is 5.69 Å². The third-order valence-electron chi connectivity index (χ3n) is 4.68. The molecule has 0 radical (unpaired) electrons. The molecular formula is C22H27N5OS. The molecule has 0 spiro atoms. The molecule has 7 heteroatoms. The van der Waals surface area contributed by atoms with Crippen LogP contribution in [0.3, 0.4) is 0 Å². The SMILES string of the molecule is CCN(C(=O)CSc1nnc(-c2ccc(C(C)(C)C)cc2)n1N)c1ccccc1. The Morgan fingerprint density at radius 3 is 2.31 bits per heavy atom. The Kier molecular flexibility index (Phi) is 6.27. The molecule has 152 valence electrons. The first-order valence-electron chi connectivity index (χ1n) is 9.61. The molecule has 0 aliphatic carbocycles. The van der Waals surface area contributed by atoms with E-state index in [4.69, 9.17) is 5.84 Å². The quantitative estimate of drug-likeness (QED) is 0.490. The summed E-state index contributed by atoms with van der Waals surface area (Å²) >= 11 is 1.29. The first-order valence-corrected chi connectivity index (χ1v) is 10.6. The molecule has 0 fully saturated rings. The van der Waals surface area contributed by atoms with Gasteiger partial charge in [-0.1, -0.05) is 75.0 Å². The average Bonchev–Trinajstić information content (AvgIpc) is 3.07. The Bertz CT molecular complexity index is 961. The Hall–Kier alpha value is -2.80. The van der Waals surface area contributed by atoms with E-state index in [2.05, 4.69) is 43.1 Å². The Morgan fingerprint density at radius 1 is 1.07 bits per heavy atom. The topological polar surface area (TPSA) is 77.0 Å². The van der Waals surface area contributed by atoms with E-state index in [1.165, 1.54) is 22.0 Å². The number of benzene rings is 2. The second-order valence-corrected chi connectivity index (χ2v) is 8.71. The fraction of sp³-hybridized carbons (Fsp3) is 0.318. The monoisotopic (exact) mass is 409 g/mol. The van der Waals surface area contributed by atoms with Crippen molar-refractivity contribution in [2.75, 3.05) is 23.0 Å². The summed E-state index contributed by atoms with van der Waals surface area (Å²) in [6, 6.07) is 17.8. The molecule has 0 unspecified atom stereocenters. The lowest BCUT2D eigenvalue weighted by Crippen LogP contribution is -2.32. The van der Waals surface area contributed by atoms with Crippen LogP contribution in [0.15, 0.2) is 59.8 Å². The number of carbonyl (C=O) groups is 1. The molecule has 3 rings (SSSR count). The lowest BCUT2D eigenvalue weighted by Gasteiger charge is -2.20. The van der Waals surface area contributed by atoms with Crippen molar-refractivity contribution in [3.05, 3.63) is 60.2 Å². The van der Waals surface area contributed by atoms with Gasteiger partial charge >= 0.3 is 0 Å². The smallest absolute Gasteiger partial charge is 0.237 e. The maximum atomic E-state index is 12.7. The highest BCUT2D eigenvalue weighted by Crippen LogP contribution is 2.27. The highest BCUT2D eigenvalue weighted by Gasteiger charge is 2.18. The van der Waals surface area contributed by atoms with Gasteiger partial charge in [0.1, 0.15) is 0 Å². The van der Waals surface area contributed by atoms with Gasteiger partial charge in [-0.25, -0.2) is 4.68 Å². The number of aromatic nitrogens is 3. The lowest BCUT2D eigenvalue weighted by molar-refractivity contribution is -0.116. The number of nitrogens with zero attached hydrogens (tertiary/aromatic N) is 4. The maximum Gasteiger partial charge on any atom is 0.237 e. The van der Waals surface area contributed by atoms with E-state index in [9.17, 15) is 4.79 Å². The van der Waals surface area contributed by atoms with Crippen LogP contribution in [0.25, 0.3) is 11.4 Å². The van der Waals surface area contributed by atoms with Crippen molar-refractivity contribution in [1.29, 1.82) is 0 Å². The Labute approximate surface area is 176 Å². The predicted octanol–water partition coefficient (Wildman–Crippen LogP) is 4.10. The van der Waals surface area contributed by atoms with Crippen molar-refractivity contribution in [3.8, 4) is 11.4 Å². The van der Waals surface area contributed by atoms with Crippen molar-refractivity contribution in [2.24, 2.45) is 0 Å². The fourth-order valence-corrected chi connectivity index (χ4v) is 3.74. The van der Waals surface area contributed by atoms with Gasteiger partial charge in [0.05, 0.1) is 5.75 Å². The molecule has 0 atom stereocenters. The largest absolute Gasteiger partial charge is 0.335 e. The second kappa shape index (κ2) is 8.69. The van der Waals surface area contributed by atoms with Crippen molar-refractivity contribution >= 4 is 23.4 Å². The summed E-state index contributed by atoms with van der Waals surface area (Å²) in [4.78, 5) is 14.4. The summed E-state index contributed by atoms with van der Waals surface area (Å²) in [5.74, 6) is 7.03. The van der Waals surface area contributed by atoms with E-state index < -0.39 is 0 Å². The third kappa shape index (κ3) is 4.79. The standard InChI is InChI=1S/C22H27N5OS/c1-5-26(18-9-7-6-8-10-18)19(28)15-29-21-25-24-20(27(21)23)16-11-13-17(14-12-16)22(2,3)4/h6-14H,5,15,23H2,1-4H3. The molecule has 0 saturated carbocycles. The van der Waals surface area contributed by atoms with Gasteiger partial charge in [0.2, 0.25) is 11.1 Å². The van der Waals surface area contributed by atoms with Crippen LogP contribution in [0.5, 0.6) is 0 Å². The highest BCUT2D eigenvalue weighted by atomic mass is 32.2. The number of rotatable bonds is 6. The van der Waals surface area contributed by atoms with Gasteiger partial charge in [-0.15, -0.1) is 10.2 Å². The van der Waals surface area contributed by atoms with Gasteiger partial charge in [-0.05, 0) is 30.0 Å². The van der Waals surface area contributed by atoms with Crippen LogP contribution in [0, 0.1) is 0 Å². The molecule has 0 aliphatic heterocycles. The first kappa shape index (κ1) is 20.9. The van der Waals surface area contributed by atoms with Gasteiger partial charge in [-0.3, -0.25) is 4.79 Å². The van der Waals surface area contributed by atoms with Crippen LogP contribution in [0.1, 0.15) is 33.3 Å². The van der Waals surface area contributed by atoms with Crippen LogP contribution in [0.2, 0.25) is 0 Å². The number of nitrogen functional groups attached to an aromatic ring is 1. The lowest BCUT2D eigenvalue weighted by atomic mass is 9.87. The zero-order chi connectivity index (χ0) is 21.0. The molecule has 1 aromatic heterocycles. The number of anilines is 1. The molecule has 1 amide bonds. The normalized spacial score (nSPS) is 11.4. The number of amides is 1. The minimum absolute atomic E-state index is 0.00257. The van der Waals surface area contributed by atoms with Crippen molar-refractivity contribution < 1.29 is 4.79 Å². The van der Waals surface area contributed by atoms with Gasteiger partial charge in [0, 0.05) is 17.8 Å². The zero-order valence-corrected chi connectivity index (χ0v) is 18.1. The predicted molar refractivity (Wildman–Crippen MR) is 120 cm³/mol. The molecular weight excluding hydrogens is 382 g/mol. The number of carbonyl (C=O) groups excluding carboxylic acids is 1. The molecule has 6 nitrogen and oxygen atoms in total. The summed E-state index contributed by atoms with van der Waals surface area (Å²) in [5, 5.41) is 8.91. The van der Waals surface area contributed by atoms with Gasteiger partial charge in [0.25, 0.3) is 0 Å². The van der Waals surface area contributed by atoms with Crippen molar-refractivity contribution in [1.82, 2.24) is 14.9 Å². The molecule has 2 N–H and O–H groups in total. The summed E-state index contributed by atoms with van der Waals surface area (Å²) in [6.45, 7) is 9.08. The molecule has 0 aliphatic rings. The first-order chi connectivity index (χ1) is 13.8. The average molecular weight is 410 g/mol. The minimum Gasteiger partial charge on any atom is -0.335 e. The van der Waals surface area contributed by atoms with Crippen molar-refractivity contribution in [3.63, 3.8) is 0 Å². The summed E-state index contributed by atoms with van der Waals surface area (Å²) < 4.78 is 1.45. The van der Waals surface area contributed by atoms with Crippen molar-refractivity contribution in [2.45, 2.75) is 38.3 Å². The van der Waals surface area contributed by atoms with Gasteiger partial charge in [-0.2, -0.15) is 0 Å². The van der Waals surface area contributed by atoms with E-state index in [0.717, 1.165) is 11.3 Å². The zero-order valence-electron chi connectivity index (χ0n) is 17.3. The Balaban J connectivity index is 1.70. The third-order valence-corrected chi connectivity index (χ3v) is 5.61. The van der Waals surface area contributed by atoms with Crippen LogP contribution < -0.4 is 10.7 Å². The Morgan fingerprint density at radius 2 is 1.72 bits per heavy atom. The van der Waals surface area contributed by atoms with E-state index in [0.29, 0.717) is 17.5 Å². The highest BCUT2D eigenvalue weighted by molar-refractivity contribution is 7.99. The van der Waals surface area contributed by atoms with Gasteiger partial charge < -0.3 is 10.7 Å². The van der Waals surface area contributed by atoms with E-state index in [1.807, 2.05) is 49.4 Å². The number of para-hydroxylation sites is 1. The molecule has 0 bridgehead atoms. The summed E-state index contributed by atoms with van der Waals surface area (Å²) in [5.41, 5.74) is 3.10. The van der Waals surface area contributed by atoms with E-state index in [1.54, 1.807) is 4.90 Å². The second-order valence-electron chi connectivity index (χ2n) is 7.77. The number of hydrogen-bond acceptors (Lipinski definition) is 5. The maximum absolute atomic E-state index is 12.7. The number of nitrogens with two attached hydrogens (primary N) is 1. The molecule has 29 heavy (non-hydrogen) atoms. The van der Waals surface area contributed by atoms with E-state index in [-0.39, 0.29) is 17.1 Å². The summed E-state index contributed by atoms with van der Waals surface area (Å²) in [6.07, 6.45) is 0. The molecule has 0 saturated heterocycles. The van der Waals surface area contributed by atoms with Gasteiger partial charge in [0.15, 0.2) is 5.82 Å². The molecule has 2 aromatic carbocycles. The van der Waals surface area contributed by atoms with Crippen LogP contribution >= 0.6 is 11.8 Å². The number of thioether (sulfide) groups is 1. The number of hydrogen-bond donors (Lipinski definition) is 1. The van der Waals surface area contributed by atoms with Crippen LogP contribution in [-0.4, -0.2) is 33.1 Å². The fourth-order valence-electron chi connectivity index (χ4n) is 3.01. The van der Waals surface area contributed by atoms with E-state index >= 15 is 0 Å². The minimum atomic E-state index is 0.00257. The summed E-state index contributed by atoms with van der Waals surface area (Å²) in [7, 11) is 0. The molecule has 1 heterocycles.